The van der Waals surface area contributed by atoms with Crippen LogP contribution in [0.2, 0.25) is 0 Å². The lowest BCUT2D eigenvalue weighted by Crippen LogP contribution is -2.43. The van der Waals surface area contributed by atoms with E-state index in [9.17, 15) is 18.5 Å². The van der Waals surface area contributed by atoms with Crippen LogP contribution in [0.3, 0.4) is 0 Å². The van der Waals surface area contributed by atoms with Gasteiger partial charge in [-0.25, -0.2) is 8.42 Å². The van der Waals surface area contributed by atoms with Crippen molar-refractivity contribution in [2.75, 3.05) is 20.1 Å². The van der Waals surface area contributed by atoms with Crippen LogP contribution in [0.15, 0.2) is 45.7 Å². The molecule has 1 aromatic carbocycles. The highest BCUT2D eigenvalue weighted by molar-refractivity contribution is 7.89. The van der Waals surface area contributed by atoms with Crippen molar-refractivity contribution in [3.63, 3.8) is 0 Å². The maximum absolute atomic E-state index is 12.9. The third-order valence-corrected chi connectivity index (χ3v) is 6.95. The Bertz CT molecular complexity index is 998. The SMILES string of the molecule is Cc1ccc(CN(C)C(=O)C2CCN(S(=O)(=O)c3ccccc3C#N)CC2)o1. The first kappa shape index (κ1) is 20.1. The number of rotatable bonds is 5. The maximum atomic E-state index is 12.9. The van der Waals surface area contributed by atoms with Gasteiger partial charge in [0, 0.05) is 26.1 Å². The summed E-state index contributed by atoms with van der Waals surface area (Å²) in [7, 11) is -2.02. The van der Waals surface area contributed by atoms with E-state index in [0.29, 0.717) is 19.4 Å². The first-order valence-electron chi connectivity index (χ1n) is 9.12. The molecule has 0 spiro atoms. The zero-order valence-corrected chi connectivity index (χ0v) is 16.8. The Morgan fingerprint density at radius 2 is 1.93 bits per heavy atom. The molecular weight excluding hydrogens is 378 g/mol. The Hall–Kier alpha value is -2.63. The van der Waals surface area contributed by atoms with E-state index in [-0.39, 0.29) is 35.4 Å². The lowest BCUT2D eigenvalue weighted by molar-refractivity contribution is -0.136. The standard InChI is InChI=1S/C20H23N3O4S/c1-15-7-8-18(27-15)14-22(2)20(24)16-9-11-23(12-10-16)28(25,26)19-6-4-3-5-17(19)13-21/h3-8,16H,9-12,14H2,1-2H3. The van der Waals surface area contributed by atoms with Crippen LogP contribution in [0.5, 0.6) is 0 Å². The van der Waals surface area contributed by atoms with Gasteiger partial charge in [0.2, 0.25) is 15.9 Å². The Kier molecular flexibility index (Phi) is 5.87. The quantitative estimate of drug-likeness (QED) is 0.767. The van der Waals surface area contributed by atoms with Crippen LogP contribution in [0.4, 0.5) is 0 Å². The van der Waals surface area contributed by atoms with E-state index in [0.717, 1.165) is 11.5 Å². The molecule has 1 aliphatic rings. The molecule has 1 saturated heterocycles. The molecule has 0 N–H and O–H groups in total. The third kappa shape index (κ3) is 4.11. The smallest absolute Gasteiger partial charge is 0.244 e. The maximum Gasteiger partial charge on any atom is 0.244 e. The van der Waals surface area contributed by atoms with Crippen LogP contribution in [0, 0.1) is 24.2 Å². The van der Waals surface area contributed by atoms with Crippen molar-refractivity contribution in [3.8, 4) is 6.07 Å². The summed E-state index contributed by atoms with van der Waals surface area (Å²) in [5.74, 6) is 1.29. The number of nitrogens with zero attached hydrogens (tertiary/aromatic N) is 3. The van der Waals surface area contributed by atoms with Gasteiger partial charge in [-0.3, -0.25) is 4.79 Å². The van der Waals surface area contributed by atoms with Gasteiger partial charge in [-0.1, -0.05) is 12.1 Å². The van der Waals surface area contributed by atoms with Crippen LogP contribution in [-0.4, -0.2) is 43.7 Å². The Balaban J connectivity index is 1.63. The van der Waals surface area contributed by atoms with Gasteiger partial charge in [0.25, 0.3) is 0 Å². The molecule has 1 aromatic heterocycles. The molecule has 0 atom stereocenters. The first-order valence-corrected chi connectivity index (χ1v) is 10.6. The molecular formula is C20H23N3O4S. The van der Waals surface area contributed by atoms with E-state index in [1.807, 2.05) is 25.1 Å². The molecule has 1 aliphatic heterocycles. The third-order valence-electron chi connectivity index (χ3n) is 4.99. The normalized spacial score (nSPS) is 15.9. The van der Waals surface area contributed by atoms with Crippen LogP contribution < -0.4 is 0 Å². The number of carbonyl (C=O) groups excluding carboxylic acids is 1. The molecule has 7 nitrogen and oxygen atoms in total. The van der Waals surface area contributed by atoms with E-state index in [1.54, 1.807) is 24.1 Å². The summed E-state index contributed by atoms with van der Waals surface area (Å²) in [5.41, 5.74) is 0.133. The summed E-state index contributed by atoms with van der Waals surface area (Å²) >= 11 is 0. The Morgan fingerprint density at radius 1 is 1.25 bits per heavy atom. The van der Waals surface area contributed by atoms with E-state index >= 15 is 0 Å². The molecule has 2 aromatic rings. The van der Waals surface area contributed by atoms with Crippen molar-refractivity contribution in [2.24, 2.45) is 5.92 Å². The summed E-state index contributed by atoms with van der Waals surface area (Å²) in [6, 6.07) is 11.8. The van der Waals surface area contributed by atoms with Crippen molar-refractivity contribution >= 4 is 15.9 Å². The Morgan fingerprint density at radius 3 is 2.54 bits per heavy atom. The summed E-state index contributed by atoms with van der Waals surface area (Å²) < 4.78 is 32.7. The highest BCUT2D eigenvalue weighted by atomic mass is 32.2. The second-order valence-electron chi connectivity index (χ2n) is 6.99. The number of hydrogen-bond donors (Lipinski definition) is 0. The number of benzene rings is 1. The average Bonchev–Trinajstić information content (AvgIpc) is 3.12. The molecule has 0 radical (unpaired) electrons. The van der Waals surface area contributed by atoms with Gasteiger partial charge in [0.15, 0.2) is 0 Å². The molecule has 0 saturated carbocycles. The number of carbonyl (C=O) groups is 1. The van der Waals surface area contributed by atoms with Crippen LogP contribution in [0.1, 0.15) is 29.9 Å². The van der Waals surface area contributed by atoms with Gasteiger partial charge in [-0.05, 0) is 44.0 Å². The summed E-state index contributed by atoms with van der Waals surface area (Å²) in [4.78, 5) is 14.4. The number of sulfonamides is 1. The van der Waals surface area contributed by atoms with Crippen molar-refractivity contribution in [1.82, 2.24) is 9.21 Å². The van der Waals surface area contributed by atoms with Gasteiger partial charge in [-0.15, -0.1) is 0 Å². The highest BCUT2D eigenvalue weighted by Gasteiger charge is 2.34. The Labute approximate surface area is 165 Å². The van der Waals surface area contributed by atoms with E-state index in [1.165, 1.54) is 16.4 Å². The van der Waals surface area contributed by atoms with Crippen LogP contribution >= 0.6 is 0 Å². The minimum absolute atomic E-state index is 0.0106. The van der Waals surface area contributed by atoms with Crippen molar-refractivity contribution in [3.05, 3.63) is 53.5 Å². The fourth-order valence-electron chi connectivity index (χ4n) is 3.46. The number of nitriles is 1. The molecule has 1 fully saturated rings. The molecule has 0 unspecified atom stereocenters. The van der Waals surface area contributed by atoms with E-state index in [4.69, 9.17) is 4.42 Å². The zero-order chi connectivity index (χ0) is 20.3. The predicted molar refractivity (Wildman–Crippen MR) is 103 cm³/mol. The largest absolute Gasteiger partial charge is 0.464 e. The number of piperidine rings is 1. The lowest BCUT2D eigenvalue weighted by Gasteiger charge is -2.32. The second kappa shape index (κ2) is 8.17. The molecule has 28 heavy (non-hydrogen) atoms. The number of furan rings is 1. The van der Waals surface area contributed by atoms with Crippen molar-refractivity contribution in [1.29, 1.82) is 5.26 Å². The number of hydrogen-bond acceptors (Lipinski definition) is 5. The fourth-order valence-corrected chi connectivity index (χ4v) is 5.07. The molecule has 148 valence electrons. The highest BCUT2D eigenvalue weighted by Crippen LogP contribution is 2.27. The summed E-state index contributed by atoms with van der Waals surface area (Å²) in [6.45, 7) is 2.76. The lowest BCUT2D eigenvalue weighted by atomic mass is 9.96. The fraction of sp³-hybridized carbons (Fsp3) is 0.400. The van der Waals surface area contributed by atoms with E-state index < -0.39 is 10.0 Å². The van der Waals surface area contributed by atoms with Gasteiger partial charge < -0.3 is 9.32 Å². The number of aryl methyl sites for hydroxylation is 1. The molecule has 8 heteroatoms. The van der Waals surface area contributed by atoms with Crippen molar-refractivity contribution in [2.45, 2.75) is 31.2 Å². The first-order chi connectivity index (χ1) is 13.3. The average molecular weight is 401 g/mol. The molecule has 3 rings (SSSR count). The van der Waals surface area contributed by atoms with Gasteiger partial charge in [0.05, 0.1) is 17.0 Å². The van der Waals surface area contributed by atoms with Gasteiger partial charge in [-0.2, -0.15) is 9.57 Å². The minimum atomic E-state index is -3.75. The molecule has 1 amide bonds. The summed E-state index contributed by atoms with van der Waals surface area (Å²) in [5, 5.41) is 9.19. The van der Waals surface area contributed by atoms with Crippen LogP contribution in [-0.2, 0) is 21.4 Å². The topological polar surface area (TPSA) is 94.6 Å². The molecule has 2 heterocycles. The monoisotopic (exact) mass is 401 g/mol. The number of amides is 1. The molecule has 0 aliphatic carbocycles. The second-order valence-corrected chi connectivity index (χ2v) is 8.90. The van der Waals surface area contributed by atoms with Crippen LogP contribution in [0.25, 0.3) is 0 Å². The minimum Gasteiger partial charge on any atom is -0.464 e. The zero-order valence-electron chi connectivity index (χ0n) is 16.0. The van der Waals surface area contributed by atoms with Gasteiger partial charge in [0.1, 0.15) is 17.6 Å². The van der Waals surface area contributed by atoms with Gasteiger partial charge >= 0.3 is 0 Å². The molecule has 0 bridgehead atoms. The predicted octanol–water partition coefficient (Wildman–Crippen LogP) is 2.52. The summed E-state index contributed by atoms with van der Waals surface area (Å²) in [6.07, 6.45) is 0.905. The van der Waals surface area contributed by atoms with E-state index in [2.05, 4.69) is 0 Å². The van der Waals surface area contributed by atoms with Crippen molar-refractivity contribution < 1.29 is 17.6 Å².